The molecule has 2 aromatic rings. The summed E-state index contributed by atoms with van der Waals surface area (Å²) in [6.45, 7) is 1.89. The fourth-order valence-electron chi connectivity index (χ4n) is 2.34. The average Bonchev–Trinajstić information content (AvgIpc) is 2.55. The molecule has 2 rings (SSSR count). The van der Waals surface area contributed by atoms with E-state index in [0.29, 0.717) is 6.42 Å². The molecule has 0 aliphatic heterocycles. The van der Waals surface area contributed by atoms with Gasteiger partial charge >= 0.3 is 5.97 Å². The molecule has 0 saturated heterocycles. The fraction of sp³-hybridized carbons (Fsp3) is 0.278. The maximum atomic E-state index is 12.6. The zero-order valence-corrected chi connectivity index (χ0v) is 14.5. The predicted octanol–water partition coefficient (Wildman–Crippen LogP) is 2.45. The monoisotopic (exact) mass is 347 g/mol. The Balaban J connectivity index is 2.20. The van der Waals surface area contributed by atoms with Gasteiger partial charge in [0, 0.05) is 6.04 Å². The Labute approximate surface area is 142 Å². The van der Waals surface area contributed by atoms with E-state index in [4.69, 9.17) is 0 Å². The first-order valence-electron chi connectivity index (χ1n) is 7.60. The van der Waals surface area contributed by atoms with Crippen molar-refractivity contribution in [3.05, 3.63) is 65.7 Å². The van der Waals surface area contributed by atoms with Gasteiger partial charge in [-0.05, 0) is 31.0 Å². The third kappa shape index (κ3) is 5.18. The minimum Gasteiger partial charge on any atom is -0.469 e. The minimum atomic E-state index is -3.71. The van der Waals surface area contributed by atoms with Gasteiger partial charge in [-0.15, -0.1) is 0 Å². The second-order valence-electron chi connectivity index (χ2n) is 5.60. The number of sulfonamides is 1. The molecular weight excluding hydrogens is 326 g/mol. The van der Waals surface area contributed by atoms with Crippen LogP contribution in [0.15, 0.2) is 59.5 Å². The molecule has 0 heterocycles. The van der Waals surface area contributed by atoms with Crippen molar-refractivity contribution in [2.45, 2.75) is 30.7 Å². The van der Waals surface area contributed by atoms with Gasteiger partial charge in [0.05, 0.1) is 18.4 Å². The van der Waals surface area contributed by atoms with Crippen LogP contribution in [0.3, 0.4) is 0 Å². The topological polar surface area (TPSA) is 72.5 Å². The normalized spacial score (nSPS) is 12.6. The van der Waals surface area contributed by atoms with Crippen LogP contribution in [0.1, 0.15) is 17.5 Å². The summed E-state index contributed by atoms with van der Waals surface area (Å²) in [5, 5.41) is 0. The molecule has 6 heteroatoms. The van der Waals surface area contributed by atoms with Gasteiger partial charge in [0.2, 0.25) is 10.0 Å². The Morgan fingerprint density at radius 2 is 1.71 bits per heavy atom. The molecule has 0 saturated carbocycles. The number of carbonyl (C=O) groups is 1. The lowest BCUT2D eigenvalue weighted by Crippen LogP contribution is -2.38. The van der Waals surface area contributed by atoms with Gasteiger partial charge in [0.15, 0.2) is 0 Å². The van der Waals surface area contributed by atoms with Crippen molar-refractivity contribution in [3.63, 3.8) is 0 Å². The number of benzene rings is 2. The van der Waals surface area contributed by atoms with Crippen LogP contribution < -0.4 is 4.72 Å². The van der Waals surface area contributed by atoms with Crippen molar-refractivity contribution in [2.75, 3.05) is 7.11 Å². The van der Waals surface area contributed by atoms with Crippen molar-refractivity contribution in [3.8, 4) is 0 Å². The summed E-state index contributed by atoms with van der Waals surface area (Å²) in [6, 6.07) is 15.4. The summed E-state index contributed by atoms with van der Waals surface area (Å²) in [6.07, 6.45) is 0.373. The van der Waals surface area contributed by atoms with Crippen molar-refractivity contribution in [1.82, 2.24) is 4.72 Å². The lowest BCUT2D eigenvalue weighted by Gasteiger charge is -2.18. The molecule has 1 atom stereocenters. The molecule has 0 aliphatic rings. The Hall–Kier alpha value is -2.18. The van der Waals surface area contributed by atoms with E-state index in [9.17, 15) is 13.2 Å². The van der Waals surface area contributed by atoms with Crippen molar-refractivity contribution in [1.29, 1.82) is 0 Å². The van der Waals surface area contributed by atoms with Crippen LogP contribution in [-0.2, 0) is 26.0 Å². The lowest BCUT2D eigenvalue weighted by molar-refractivity contribution is -0.141. The van der Waals surface area contributed by atoms with Crippen LogP contribution in [0.5, 0.6) is 0 Å². The number of methoxy groups -OCH3 is 1. The predicted molar refractivity (Wildman–Crippen MR) is 92.1 cm³/mol. The quantitative estimate of drug-likeness (QED) is 0.781. The van der Waals surface area contributed by atoms with Crippen LogP contribution >= 0.6 is 0 Å². The summed E-state index contributed by atoms with van der Waals surface area (Å²) in [7, 11) is -2.42. The Morgan fingerprint density at radius 1 is 1.08 bits per heavy atom. The second kappa shape index (κ2) is 8.08. The number of carbonyl (C=O) groups excluding carboxylic acids is 1. The SMILES string of the molecule is COC(=O)CC(Cc1ccccc1)NS(=O)(=O)c1ccc(C)cc1. The van der Waals surface area contributed by atoms with E-state index in [1.807, 2.05) is 37.3 Å². The zero-order chi connectivity index (χ0) is 17.6. The molecule has 1 unspecified atom stereocenters. The summed E-state index contributed by atoms with van der Waals surface area (Å²) in [4.78, 5) is 11.8. The van der Waals surface area contributed by atoms with Gasteiger partial charge in [0.1, 0.15) is 0 Å². The van der Waals surface area contributed by atoms with Gasteiger partial charge in [-0.3, -0.25) is 4.79 Å². The highest BCUT2D eigenvalue weighted by Crippen LogP contribution is 2.14. The molecule has 0 bridgehead atoms. The minimum absolute atomic E-state index is 0.0313. The van der Waals surface area contributed by atoms with Crippen LogP contribution in [0.2, 0.25) is 0 Å². The van der Waals surface area contributed by atoms with Gasteiger partial charge < -0.3 is 4.74 Å². The lowest BCUT2D eigenvalue weighted by atomic mass is 10.0. The first kappa shape index (κ1) is 18.2. The van der Waals surface area contributed by atoms with E-state index in [1.165, 1.54) is 7.11 Å². The summed E-state index contributed by atoms with van der Waals surface area (Å²) in [5.74, 6) is -0.456. The largest absolute Gasteiger partial charge is 0.469 e. The van der Waals surface area contributed by atoms with Crippen molar-refractivity contribution < 1.29 is 17.9 Å². The highest BCUT2D eigenvalue weighted by atomic mass is 32.2. The maximum absolute atomic E-state index is 12.6. The van der Waals surface area contributed by atoms with E-state index < -0.39 is 22.0 Å². The van der Waals surface area contributed by atoms with E-state index >= 15 is 0 Å². The molecule has 0 radical (unpaired) electrons. The van der Waals surface area contributed by atoms with Crippen molar-refractivity contribution in [2.24, 2.45) is 0 Å². The molecule has 5 nitrogen and oxygen atoms in total. The first-order chi connectivity index (χ1) is 11.4. The van der Waals surface area contributed by atoms with Gasteiger partial charge in [-0.1, -0.05) is 48.0 Å². The maximum Gasteiger partial charge on any atom is 0.307 e. The summed E-state index contributed by atoms with van der Waals surface area (Å²) >= 11 is 0. The Morgan fingerprint density at radius 3 is 2.29 bits per heavy atom. The van der Waals surface area contributed by atoms with Gasteiger partial charge in [0.25, 0.3) is 0 Å². The third-order valence-corrected chi connectivity index (χ3v) is 5.16. The fourth-order valence-corrected chi connectivity index (χ4v) is 3.58. The molecule has 24 heavy (non-hydrogen) atoms. The van der Waals surface area contributed by atoms with Crippen LogP contribution in [0.25, 0.3) is 0 Å². The average molecular weight is 347 g/mol. The van der Waals surface area contributed by atoms with Gasteiger partial charge in [-0.25, -0.2) is 13.1 Å². The number of hydrogen-bond acceptors (Lipinski definition) is 4. The highest BCUT2D eigenvalue weighted by molar-refractivity contribution is 7.89. The molecule has 0 fully saturated rings. The van der Waals surface area contributed by atoms with E-state index in [-0.39, 0.29) is 11.3 Å². The molecule has 128 valence electrons. The molecule has 1 N–H and O–H groups in total. The standard InChI is InChI=1S/C18H21NO4S/c1-14-8-10-17(11-9-14)24(21,22)19-16(13-18(20)23-2)12-15-6-4-3-5-7-15/h3-11,16,19H,12-13H2,1-2H3. The number of aryl methyl sites for hydroxylation is 1. The third-order valence-electron chi connectivity index (χ3n) is 3.62. The molecule has 0 aliphatic carbocycles. The Kier molecular flexibility index (Phi) is 6.11. The first-order valence-corrected chi connectivity index (χ1v) is 9.09. The van der Waals surface area contributed by atoms with E-state index in [1.54, 1.807) is 24.3 Å². The number of rotatable bonds is 7. The van der Waals surface area contributed by atoms with E-state index in [2.05, 4.69) is 9.46 Å². The highest BCUT2D eigenvalue weighted by Gasteiger charge is 2.23. The van der Waals surface area contributed by atoms with Gasteiger partial charge in [-0.2, -0.15) is 0 Å². The van der Waals surface area contributed by atoms with Crippen LogP contribution in [0, 0.1) is 6.92 Å². The molecular formula is C18H21NO4S. The van der Waals surface area contributed by atoms with Crippen molar-refractivity contribution >= 4 is 16.0 Å². The smallest absolute Gasteiger partial charge is 0.307 e. The molecule has 0 aromatic heterocycles. The van der Waals surface area contributed by atoms with Crippen LogP contribution in [0.4, 0.5) is 0 Å². The number of ether oxygens (including phenoxy) is 1. The molecule has 2 aromatic carbocycles. The van der Waals surface area contributed by atoms with E-state index in [0.717, 1.165) is 11.1 Å². The summed E-state index contributed by atoms with van der Waals surface area (Å²) in [5.41, 5.74) is 1.92. The molecule has 0 spiro atoms. The summed E-state index contributed by atoms with van der Waals surface area (Å²) < 4.78 is 32.4. The number of nitrogens with one attached hydrogen (secondary N) is 1. The van der Waals surface area contributed by atoms with Crippen LogP contribution in [-0.4, -0.2) is 27.5 Å². The number of esters is 1. The molecule has 0 amide bonds. The zero-order valence-electron chi connectivity index (χ0n) is 13.7. The Bertz CT molecular complexity index is 770. The number of hydrogen-bond donors (Lipinski definition) is 1. The second-order valence-corrected chi connectivity index (χ2v) is 7.32.